The smallest absolute Gasteiger partial charge is 0.257 e. The van der Waals surface area contributed by atoms with Gasteiger partial charge in [0.05, 0.1) is 18.2 Å². The lowest BCUT2D eigenvalue weighted by Gasteiger charge is -2.28. The summed E-state index contributed by atoms with van der Waals surface area (Å²) < 4.78 is 5.17. The second-order valence-corrected chi connectivity index (χ2v) is 4.63. The molecule has 1 fully saturated rings. The number of hydrogen-bond donors (Lipinski definition) is 1. The zero-order chi connectivity index (χ0) is 12.3. The number of carbonyl (C=O) groups excluding carboxylic acids is 1. The van der Waals surface area contributed by atoms with E-state index >= 15 is 0 Å². The largest absolute Gasteiger partial charge is 0.469 e. The molecule has 0 aromatic carbocycles. The van der Waals surface area contributed by atoms with Crippen molar-refractivity contribution in [1.29, 1.82) is 0 Å². The molecule has 2 heterocycles. The summed E-state index contributed by atoms with van der Waals surface area (Å²) in [5, 5.41) is 9.37. The van der Waals surface area contributed by atoms with Gasteiger partial charge in [0.15, 0.2) is 0 Å². The van der Waals surface area contributed by atoms with E-state index in [2.05, 4.69) is 0 Å². The fourth-order valence-corrected chi connectivity index (χ4v) is 2.36. The fraction of sp³-hybridized carbons (Fsp3) is 0.615. The van der Waals surface area contributed by atoms with Gasteiger partial charge in [0, 0.05) is 6.54 Å². The van der Waals surface area contributed by atoms with Gasteiger partial charge < -0.3 is 14.4 Å². The van der Waals surface area contributed by atoms with Gasteiger partial charge in [0.1, 0.15) is 12.0 Å². The predicted octanol–water partition coefficient (Wildman–Crippen LogP) is 1.97. The zero-order valence-electron chi connectivity index (χ0n) is 10.2. The van der Waals surface area contributed by atoms with Crippen molar-refractivity contribution in [3.63, 3.8) is 0 Å². The predicted molar refractivity (Wildman–Crippen MR) is 63.8 cm³/mol. The molecule has 1 aromatic heterocycles. The highest BCUT2D eigenvalue weighted by molar-refractivity contribution is 5.94. The maximum atomic E-state index is 12.3. The Labute approximate surface area is 101 Å². The van der Waals surface area contributed by atoms with Gasteiger partial charge in [0.2, 0.25) is 0 Å². The second-order valence-electron chi connectivity index (χ2n) is 4.63. The summed E-state index contributed by atoms with van der Waals surface area (Å²) in [6.07, 6.45) is 5.61. The molecule has 1 aromatic rings. The van der Waals surface area contributed by atoms with Crippen molar-refractivity contribution < 1.29 is 14.3 Å². The van der Waals surface area contributed by atoms with Crippen molar-refractivity contribution in [3.8, 4) is 0 Å². The normalized spacial score (nSPS) is 21.3. The standard InChI is InChI=1S/C13H19NO3/c1-10-7-11(9-17-10)13(16)14-6-4-2-3-5-12(14)8-15/h7,9,12,15H,2-6,8H2,1H3. The molecule has 1 amide bonds. The number of furan rings is 1. The van der Waals surface area contributed by atoms with Crippen LogP contribution in [0.25, 0.3) is 0 Å². The molecule has 0 aliphatic carbocycles. The fourth-order valence-electron chi connectivity index (χ4n) is 2.36. The highest BCUT2D eigenvalue weighted by Gasteiger charge is 2.26. The summed E-state index contributed by atoms with van der Waals surface area (Å²) in [6.45, 7) is 2.60. The van der Waals surface area contributed by atoms with E-state index < -0.39 is 0 Å². The minimum absolute atomic E-state index is 0.0252. The Balaban J connectivity index is 2.15. The molecule has 1 aliphatic heterocycles. The first kappa shape index (κ1) is 12.2. The third-order valence-corrected chi connectivity index (χ3v) is 3.33. The summed E-state index contributed by atoms with van der Waals surface area (Å²) in [6, 6.07) is 1.71. The summed E-state index contributed by atoms with van der Waals surface area (Å²) >= 11 is 0. The van der Waals surface area contributed by atoms with Crippen LogP contribution < -0.4 is 0 Å². The highest BCUT2D eigenvalue weighted by atomic mass is 16.3. The average Bonchev–Trinajstić information content (AvgIpc) is 2.64. The lowest BCUT2D eigenvalue weighted by Crippen LogP contribution is -2.41. The zero-order valence-corrected chi connectivity index (χ0v) is 10.2. The number of aliphatic hydroxyl groups excluding tert-OH is 1. The van der Waals surface area contributed by atoms with Gasteiger partial charge >= 0.3 is 0 Å². The number of likely N-dealkylation sites (tertiary alicyclic amines) is 1. The molecule has 0 radical (unpaired) electrons. The minimum Gasteiger partial charge on any atom is -0.469 e. The van der Waals surface area contributed by atoms with Crippen LogP contribution in [0.2, 0.25) is 0 Å². The van der Waals surface area contributed by atoms with Crippen LogP contribution in [0.5, 0.6) is 0 Å². The Morgan fingerprint density at radius 1 is 1.53 bits per heavy atom. The second kappa shape index (κ2) is 5.36. The van der Waals surface area contributed by atoms with Crippen LogP contribution in [0.4, 0.5) is 0 Å². The van der Waals surface area contributed by atoms with Gasteiger partial charge in [-0.05, 0) is 25.8 Å². The van der Waals surface area contributed by atoms with E-state index in [0.29, 0.717) is 5.56 Å². The Bertz CT molecular complexity index is 386. The van der Waals surface area contributed by atoms with E-state index in [1.165, 1.54) is 6.26 Å². The van der Waals surface area contributed by atoms with Gasteiger partial charge in [0.25, 0.3) is 5.91 Å². The Morgan fingerprint density at radius 2 is 2.35 bits per heavy atom. The van der Waals surface area contributed by atoms with Crippen molar-refractivity contribution in [3.05, 3.63) is 23.7 Å². The molecular formula is C13H19NO3. The van der Waals surface area contributed by atoms with Gasteiger partial charge in [-0.2, -0.15) is 0 Å². The number of aryl methyl sites for hydroxylation is 1. The Morgan fingerprint density at radius 3 is 3.00 bits per heavy atom. The number of aliphatic hydroxyl groups is 1. The molecule has 4 nitrogen and oxygen atoms in total. The molecule has 1 unspecified atom stereocenters. The molecule has 1 saturated heterocycles. The van der Waals surface area contributed by atoms with Crippen LogP contribution in [0.1, 0.15) is 41.8 Å². The third-order valence-electron chi connectivity index (χ3n) is 3.33. The van der Waals surface area contributed by atoms with E-state index in [0.717, 1.165) is 38.0 Å². The molecule has 0 spiro atoms. The molecule has 4 heteroatoms. The van der Waals surface area contributed by atoms with E-state index in [4.69, 9.17) is 4.42 Å². The van der Waals surface area contributed by atoms with Crippen molar-refractivity contribution >= 4 is 5.91 Å². The first-order chi connectivity index (χ1) is 8.22. The van der Waals surface area contributed by atoms with Crippen molar-refractivity contribution in [2.24, 2.45) is 0 Å². The molecule has 0 saturated carbocycles. The quantitative estimate of drug-likeness (QED) is 0.855. The number of carbonyl (C=O) groups is 1. The van der Waals surface area contributed by atoms with Crippen LogP contribution in [0.15, 0.2) is 16.7 Å². The first-order valence-corrected chi connectivity index (χ1v) is 6.19. The molecule has 0 bridgehead atoms. The Kier molecular flexibility index (Phi) is 3.84. The summed E-state index contributed by atoms with van der Waals surface area (Å²) in [5.41, 5.74) is 0.586. The molecule has 94 valence electrons. The number of rotatable bonds is 2. The number of amides is 1. The third kappa shape index (κ3) is 2.69. The summed E-state index contributed by atoms with van der Waals surface area (Å²) in [4.78, 5) is 14.1. The average molecular weight is 237 g/mol. The van der Waals surface area contributed by atoms with Gasteiger partial charge in [-0.25, -0.2) is 0 Å². The van der Waals surface area contributed by atoms with Gasteiger partial charge in [-0.15, -0.1) is 0 Å². The molecule has 17 heavy (non-hydrogen) atoms. The lowest BCUT2D eigenvalue weighted by molar-refractivity contribution is 0.0599. The van der Waals surface area contributed by atoms with Crippen molar-refractivity contribution in [2.45, 2.75) is 38.6 Å². The van der Waals surface area contributed by atoms with E-state index in [1.54, 1.807) is 11.0 Å². The van der Waals surface area contributed by atoms with Crippen LogP contribution in [0, 0.1) is 6.92 Å². The number of nitrogens with zero attached hydrogens (tertiary/aromatic N) is 1. The monoisotopic (exact) mass is 237 g/mol. The van der Waals surface area contributed by atoms with Crippen LogP contribution >= 0.6 is 0 Å². The lowest BCUT2D eigenvalue weighted by atomic mass is 10.1. The maximum Gasteiger partial charge on any atom is 0.257 e. The van der Waals surface area contributed by atoms with Crippen LogP contribution in [-0.4, -0.2) is 35.1 Å². The topological polar surface area (TPSA) is 53.7 Å². The minimum atomic E-state index is -0.0415. The van der Waals surface area contributed by atoms with Gasteiger partial charge in [-0.1, -0.05) is 12.8 Å². The van der Waals surface area contributed by atoms with E-state index in [1.807, 2.05) is 6.92 Å². The molecular weight excluding hydrogens is 218 g/mol. The Hall–Kier alpha value is -1.29. The molecule has 1 aliphatic rings. The van der Waals surface area contributed by atoms with Crippen molar-refractivity contribution in [2.75, 3.05) is 13.2 Å². The molecule has 1 N–H and O–H groups in total. The highest BCUT2D eigenvalue weighted by Crippen LogP contribution is 2.20. The molecule has 1 atom stereocenters. The van der Waals surface area contributed by atoms with Crippen molar-refractivity contribution in [1.82, 2.24) is 4.90 Å². The summed E-state index contributed by atoms with van der Waals surface area (Å²) in [5.74, 6) is 0.714. The van der Waals surface area contributed by atoms with E-state index in [9.17, 15) is 9.90 Å². The summed E-state index contributed by atoms with van der Waals surface area (Å²) in [7, 11) is 0. The maximum absolute atomic E-state index is 12.3. The van der Waals surface area contributed by atoms with Crippen LogP contribution in [-0.2, 0) is 0 Å². The van der Waals surface area contributed by atoms with E-state index in [-0.39, 0.29) is 18.6 Å². The SMILES string of the molecule is Cc1cc(C(=O)N2CCCCCC2CO)co1. The number of hydrogen-bond acceptors (Lipinski definition) is 3. The van der Waals surface area contributed by atoms with Crippen LogP contribution in [0.3, 0.4) is 0 Å². The molecule has 2 rings (SSSR count). The first-order valence-electron chi connectivity index (χ1n) is 6.19. The van der Waals surface area contributed by atoms with Gasteiger partial charge in [-0.3, -0.25) is 4.79 Å².